The summed E-state index contributed by atoms with van der Waals surface area (Å²) < 4.78 is 25.1. The summed E-state index contributed by atoms with van der Waals surface area (Å²) >= 11 is 0. The fourth-order valence-electron chi connectivity index (χ4n) is 2.25. The molecule has 1 heterocycles. The highest BCUT2D eigenvalue weighted by Gasteiger charge is 2.26. The zero-order valence-electron chi connectivity index (χ0n) is 10.9. The molecule has 0 bridgehead atoms. The maximum atomic E-state index is 11.8. The van der Waals surface area contributed by atoms with E-state index in [1.54, 1.807) is 0 Å². The molecule has 1 N–H and O–H groups in total. The lowest BCUT2D eigenvalue weighted by Crippen LogP contribution is -2.49. The number of hydrogen-bond acceptors (Lipinski definition) is 4. The van der Waals surface area contributed by atoms with Gasteiger partial charge in [-0.2, -0.15) is 4.31 Å². The fourth-order valence-corrected chi connectivity index (χ4v) is 3.46. The van der Waals surface area contributed by atoms with Gasteiger partial charge in [0.05, 0.1) is 12.4 Å². The molecule has 0 amide bonds. The second-order valence-corrected chi connectivity index (χ2v) is 6.79. The number of rotatable bonds is 5. The quantitative estimate of drug-likeness (QED) is 0.835. The average molecular weight is 284 g/mol. The number of aliphatic hydroxyl groups is 1. The van der Waals surface area contributed by atoms with Crippen LogP contribution in [0.3, 0.4) is 0 Å². The van der Waals surface area contributed by atoms with E-state index in [0.29, 0.717) is 13.1 Å². The van der Waals surface area contributed by atoms with Crippen molar-refractivity contribution >= 4 is 10.0 Å². The van der Waals surface area contributed by atoms with Crippen LogP contribution in [-0.2, 0) is 16.6 Å². The number of benzene rings is 1. The van der Waals surface area contributed by atoms with Crippen LogP contribution < -0.4 is 0 Å². The molecule has 0 radical (unpaired) electrons. The van der Waals surface area contributed by atoms with Crippen molar-refractivity contribution in [3.8, 4) is 0 Å². The minimum absolute atomic E-state index is 0.175. The van der Waals surface area contributed by atoms with Crippen molar-refractivity contribution in [2.75, 3.05) is 38.5 Å². The van der Waals surface area contributed by atoms with Crippen molar-refractivity contribution in [3.63, 3.8) is 0 Å². The topological polar surface area (TPSA) is 60.9 Å². The molecule has 2 rings (SSSR count). The monoisotopic (exact) mass is 284 g/mol. The van der Waals surface area contributed by atoms with Gasteiger partial charge in [0, 0.05) is 32.7 Å². The van der Waals surface area contributed by atoms with Crippen LogP contribution in [0.4, 0.5) is 0 Å². The van der Waals surface area contributed by atoms with E-state index in [4.69, 9.17) is 5.11 Å². The molecule has 0 unspecified atom stereocenters. The number of nitrogens with zero attached hydrogens (tertiary/aromatic N) is 2. The fraction of sp³-hybridized carbons (Fsp3) is 0.538. The smallest absolute Gasteiger partial charge is 0.216 e. The second-order valence-electron chi connectivity index (χ2n) is 4.70. The predicted octanol–water partition coefficient (Wildman–Crippen LogP) is 0.126. The molecule has 1 aromatic carbocycles. The van der Waals surface area contributed by atoms with Gasteiger partial charge in [0.2, 0.25) is 10.0 Å². The van der Waals surface area contributed by atoms with E-state index >= 15 is 0 Å². The summed E-state index contributed by atoms with van der Waals surface area (Å²) in [5, 5.41) is 8.76. The summed E-state index contributed by atoms with van der Waals surface area (Å²) in [6.07, 6.45) is 0. The van der Waals surface area contributed by atoms with E-state index in [-0.39, 0.29) is 12.4 Å². The summed E-state index contributed by atoms with van der Waals surface area (Å²) in [5.41, 5.74) is 1.24. The van der Waals surface area contributed by atoms with E-state index in [1.165, 1.54) is 9.87 Å². The molecular formula is C13H20N2O3S. The molecule has 1 aliphatic rings. The molecular weight excluding hydrogens is 264 g/mol. The first-order valence-corrected chi connectivity index (χ1v) is 8.08. The zero-order valence-corrected chi connectivity index (χ0v) is 11.7. The van der Waals surface area contributed by atoms with Gasteiger partial charge in [0.25, 0.3) is 0 Å². The Labute approximate surface area is 114 Å². The van der Waals surface area contributed by atoms with E-state index in [0.717, 1.165) is 19.6 Å². The van der Waals surface area contributed by atoms with Gasteiger partial charge in [0.1, 0.15) is 0 Å². The Morgan fingerprint density at radius 1 is 1.05 bits per heavy atom. The van der Waals surface area contributed by atoms with Gasteiger partial charge >= 0.3 is 0 Å². The lowest BCUT2D eigenvalue weighted by molar-refractivity contribution is 0.181. The second kappa shape index (κ2) is 6.47. The average Bonchev–Trinajstić information content (AvgIpc) is 2.40. The van der Waals surface area contributed by atoms with Gasteiger partial charge in [-0.05, 0) is 5.56 Å². The Morgan fingerprint density at radius 2 is 1.68 bits per heavy atom. The van der Waals surface area contributed by atoms with E-state index in [9.17, 15) is 8.42 Å². The molecule has 5 nitrogen and oxygen atoms in total. The van der Waals surface area contributed by atoms with Crippen molar-refractivity contribution in [1.82, 2.24) is 9.21 Å². The molecule has 1 aliphatic heterocycles. The zero-order chi connectivity index (χ0) is 13.7. The van der Waals surface area contributed by atoms with Crippen LogP contribution in [0.15, 0.2) is 30.3 Å². The third-order valence-electron chi connectivity index (χ3n) is 3.32. The highest BCUT2D eigenvalue weighted by atomic mass is 32.2. The van der Waals surface area contributed by atoms with Gasteiger partial charge in [-0.25, -0.2) is 8.42 Å². The van der Waals surface area contributed by atoms with Crippen LogP contribution in [0.5, 0.6) is 0 Å². The Morgan fingerprint density at radius 3 is 2.26 bits per heavy atom. The van der Waals surface area contributed by atoms with E-state index in [1.807, 2.05) is 18.2 Å². The molecule has 6 heteroatoms. The number of aliphatic hydroxyl groups excluding tert-OH is 1. The number of piperazine rings is 1. The highest BCUT2D eigenvalue weighted by Crippen LogP contribution is 2.11. The van der Waals surface area contributed by atoms with Crippen LogP contribution in [-0.4, -0.2) is 61.3 Å². The van der Waals surface area contributed by atoms with Crippen LogP contribution >= 0.6 is 0 Å². The van der Waals surface area contributed by atoms with Gasteiger partial charge in [-0.15, -0.1) is 0 Å². The lowest BCUT2D eigenvalue weighted by Gasteiger charge is -2.33. The van der Waals surface area contributed by atoms with E-state index in [2.05, 4.69) is 17.0 Å². The minimum Gasteiger partial charge on any atom is -0.395 e. The van der Waals surface area contributed by atoms with Crippen LogP contribution in [0.25, 0.3) is 0 Å². The molecule has 1 saturated heterocycles. The molecule has 0 atom stereocenters. The van der Waals surface area contributed by atoms with Gasteiger partial charge in [-0.3, -0.25) is 4.90 Å². The SMILES string of the molecule is O=S(=O)(CCO)N1CCN(Cc2ccccc2)CC1. The molecule has 1 aromatic rings. The summed E-state index contributed by atoms with van der Waals surface area (Å²) in [6.45, 7) is 3.03. The van der Waals surface area contributed by atoms with E-state index < -0.39 is 10.0 Å². The van der Waals surface area contributed by atoms with Crippen LogP contribution in [0.1, 0.15) is 5.56 Å². The van der Waals surface area contributed by atoms with Gasteiger partial charge < -0.3 is 5.11 Å². The summed E-state index contributed by atoms with van der Waals surface area (Å²) in [5.74, 6) is -0.175. The largest absolute Gasteiger partial charge is 0.395 e. The Bertz CT molecular complexity index is 482. The van der Waals surface area contributed by atoms with Crippen molar-refractivity contribution in [3.05, 3.63) is 35.9 Å². The predicted molar refractivity (Wildman–Crippen MR) is 74.2 cm³/mol. The van der Waals surface area contributed by atoms with Crippen LogP contribution in [0.2, 0.25) is 0 Å². The molecule has 1 fully saturated rings. The Kier molecular flexibility index (Phi) is 4.93. The molecule has 0 spiro atoms. The Hall–Kier alpha value is -0.950. The Balaban J connectivity index is 1.86. The molecule has 106 valence electrons. The molecule has 0 saturated carbocycles. The van der Waals surface area contributed by atoms with Crippen molar-refractivity contribution < 1.29 is 13.5 Å². The minimum atomic E-state index is -3.27. The summed E-state index contributed by atoms with van der Waals surface area (Å²) in [6, 6.07) is 10.2. The van der Waals surface area contributed by atoms with Gasteiger partial charge in [0.15, 0.2) is 0 Å². The normalized spacial score (nSPS) is 18.6. The molecule has 19 heavy (non-hydrogen) atoms. The third-order valence-corrected chi connectivity index (χ3v) is 5.17. The first-order valence-electron chi connectivity index (χ1n) is 6.47. The van der Waals surface area contributed by atoms with Crippen LogP contribution in [0, 0.1) is 0 Å². The third kappa shape index (κ3) is 4.01. The molecule has 0 aromatic heterocycles. The first-order chi connectivity index (χ1) is 9.12. The summed E-state index contributed by atoms with van der Waals surface area (Å²) in [4.78, 5) is 2.25. The van der Waals surface area contributed by atoms with Crippen molar-refractivity contribution in [2.24, 2.45) is 0 Å². The maximum Gasteiger partial charge on any atom is 0.216 e. The van der Waals surface area contributed by atoms with Gasteiger partial charge in [-0.1, -0.05) is 30.3 Å². The maximum absolute atomic E-state index is 11.8. The number of sulfonamides is 1. The number of hydrogen-bond donors (Lipinski definition) is 1. The first kappa shape index (κ1) is 14.5. The highest BCUT2D eigenvalue weighted by molar-refractivity contribution is 7.89. The van der Waals surface area contributed by atoms with Crippen molar-refractivity contribution in [2.45, 2.75) is 6.54 Å². The van der Waals surface area contributed by atoms with Crippen molar-refractivity contribution in [1.29, 1.82) is 0 Å². The summed E-state index contributed by atoms with van der Waals surface area (Å²) in [7, 11) is -3.27. The lowest BCUT2D eigenvalue weighted by atomic mass is 10.2. The molecule has 0 aliphatic carbocycles. The standard InChI is InChI=1S/C13H20N2O3S/c16-10-11-19(17,18)15-8-6-14(7-9-15)12-13-4-2-1-3-5-13/h1-5,16H,6-12H2.